The fourth-order valence-electron chi connectivity index (χ4n) is 0.829. The van der Waals surface area contributed by atoms with Crippen LogP contribution in [0.5, 0.6) is 0 Å². The maximum Gasteiger partial charge on any atom is -0.0227 e. The highest BCUT2D eigenvalue weighted by atomic mass is 14.0. The van der Waals surface area contributed by atoms with Crippen molar-refractivity contribution in [3.8, 4) is 0 Å². The van der Waals surface area contributed by atoms with Gasteiger partial charge in [-0.25, -0.2) is 0 Å². The van der Waals surface area contributed by atoms with Gasteiger partial charge in [-0.3, -0.25) is 0 Å². The third-order valence-electron chi connectivity index (χ3n) is 1.42. The van der Waals surface area contributed by atoms with Crippen LogP contribution in [0.2, 0.25) is 0 Å². The highest BCUT2D eigenvalue weighted by Gasteiger charge is 1.90. The molecule has 0 rings (SSSR count). The molecule has 0 aliphatic rings. The van der Waals surface area contributed by atoms with Crippen LogP contribution in [0, 0.1) is 5.92 Å². The lowest BCUT2D eigenvalue weighted by Crippen LogP contribution is -1.85. The average molecular weight is 138 g/mol. The second kappa shape index (κ2) is 5.28. The van der Waals surface area contributed by atoms with Crippen molar-refractivity contribution >= 4 is 0 Å². The first kappa shape index (κ1) is 9.48. The van der Waals surface area contributed by atoms with E-state index in [4.69, 9.17) is 0 Å². The molecule has 0 heteroatoms. The smallest absolute Gasteiger partial charge is 0.0227 e. The Bertz CT molecular complexity index is 125. The molecule has 0 aliphatic heterocycles. The normalized spacial score (nSPS) is 13.6. The van der Waals surface area contributed by atoms with E-state index in [0.717, 1.165) is 0 Å². The Morgan fingerprint density at radius 3 is 2.40 bits per heavy atom. The molecule has 0 aliphatic carbocycles. The van der Waals surface area contributed by atoms with Crippen molar-refractivity contribution in [3.05, 3.63) is 23.8 Å². The second-order valence-corrected chi connectivity index (χ2v) is 3.02. The highest BCUT2D eigenvalue weighted by molar-refractivity contribution is 4.96. The summed E-state index contributed by atoms with van der Waals surface area (Å²) in [6.07, 6.45) is 7.81. The van der Waals surface area contributed by atoms with Gasteiger partial charge in [0.05, 0.1) is 0 Å². The lowest BCUT2D eigenvalue weighted by molar-refractivity contribution is 0.739. The summed E-state index contributed by atoms with van der Waals surface area (Å²) in [4.78, 5) is 0. The summed E-state index contributed by atoms with van der Waals surface area (Å²) < 4.78 is 0. The number of hydrogen-bond donors (Lipinski definition) is 0. The largest absolute Gasteiger partial charge is 0.0914 e. The van der Waals surface area contributed by atoms with Crippen LogP contribution in [0.1, 0.15) is 34.1 Å². The van der Waals surface area contributed by atoms with Crippen molar-refractivity contribution < 1.29 is 0 Å². The maximum absolute atomic E-state index is 2.28. The first-order valence-electron chi connectivity index (χ1n) is 3.93. The van der Waals surface area contributed by atoms with Crippen molar-refractivity contribution in [1.82, 2.24) is 0 Å². The van der Waals surface area contributed by atoms with Crippen LogP contribution in [0.3, 0.4) is 0 Å². The van der Waals surface area contributed by atoms with Gasteiger partial charge in [-0.15, -0.1) is 0 Å². The molecule has 0 N–H and O–H groups in total. The Morgan fingerprint density at radius 1 is 1.40 bits per heavy atom. The van der Waals surface area contributed by atoms with Crippen LogP contribution >= 0.6 is 0 Å². The summed E-state index contributed by atoms with van der Waals surface area (Å²) in [6.45, 7) is 8.59. The molecule has 10 heavy (non-hydrogen) atoms. The van der Waals surface area contributed by atoms with Crippen LogP contribution in [0.15, 0.2) is 23.8 Å². The molecule has 0 amide bonds. The van der Waals surface area contributed by atoms with E-state index in [-0.39, 0.29) is 0 Å². The standard InChI is InChI=1S/C10H18/c1-5-6-10(4)8-7-9(2)3/h5-7,10H,8H2,1-4H3. The van der Waals surface area contributed by atoms with Crippen molar-refractivity contribution in [2.24, 2.45) is 5.92 Å². The predicted molar refractivity (Wildman–Crippen MR) is 48.0 cm³/mol. The molecule has 0 aromatic heterocycles. The molecule has 0 fully saturated rings. The molecule has 0 saturated carbocycles. The van der Waals surface area contributed by atoms with Gasteiger partial charge in [0.2, 0.25) is 0 Å². The molecule has 0 spiro atoms. The Kier molecular flexibility index (Phi) is 5.00. The Morgan fingerprint density at radius 2 is 2.00 bits per heavy atom. The van der Waals surface area contributed by atoms with Gasteiger partial charge in [0.25, 0.3) is 0 Å². The third-order valence-corrected chi connectivity index (χ3v) is 1.42. The van der Waals surface area contributed by atoms with E-state index < -0.39 is 0 Å². The first-order valence-corrected chi connectivity index (χ1v) is 3.93. The SMILES string of the molecule is CC=CC(C)CC=C(C)C. The van der Waals surface area contributed by atoms with E-state index in [1.807, 2.05) is 0 Å². The third kappa shape index (κ3) is 5.61. The fraction of sp³-hybridized carbons (Fsp3) is 0.600. The highest BCUT2D eigenvalue weighted by Crippen LogP contribution is 2.06. The molecule has 0 radical (unpaired) electrons. The molecule has 0 aromatic carbocycles. The fourth-order valence-corrected chi connectivity index (χ4v) is 0.829. The van der Waals surface area contributed by atoms with Gasteiger partial charge >= 0.3 is 0 Å². The van der Waals surface area contributed by atoms with Gasteiger partial charge < -0.3 is 0 Å². The molecule has 1 atom stereocenters. The van der Waals surface area contributed by atoms with Gasteiger partial charge in [0.15, 0.2) is 0 Å². The molecule has 58 valence electrons. The Labute approximate surface area is 64.6 Å². The first-order chi connectivity index (χ1) is 4.66. The van der Waals surface area contributed by atoms with Gasteiger partial charge in [-0.1, -0.05) is 30.7 Å². The van der Waals surface area contributed by atoms with Crippen LogP contribution < -0.4 is 0 Å². The van der Waals surface area contributed by atoms with Crippen molar-refractivity contribution in [2.45, 2.75) is 34.1 Å². The Balaban J connectivity index is 3.59. The number of allylic oxidation sites excluding steroid dienone is 4. The summed E-state index contributed by atoms with van der Waals surface area (Å²) in [5.74, 6) is 0.694. The number of rotatable bonds is 3. The van der Waals surface area contributed by atoms with Gasteiger partial charge in [0.1, 0.15) is 0 Å². The van der Waals surface area contributed by atoms with Crippen LogP contribution in [0.4, 0.5) is 0 Å². The molecule has 0 heterocycles. The zero-order valence-corrected chi connectivity index (χ0v) is 7.52. The Hall–Kier alpha value is -0.520. The van der Waals surface area contributed by atoms with E-state index in [1.165, 1.54) is 12.0 Å². The zero-order valence-electron chi connectivity index (χ0n) is 7.52. The lowest BCUT2D eigenvalue weighted by atomic mass is 10.1. The summed E-state index contributed by atoms with van der Waals surface area (Å²) in [5, 5.41) is 0. The van der Waals surface area contributed by atoms with E-state index >= 15 is 0 Å². The molecule has 0 saturated heterocycles. The van der Waals surface area contributed by atoms with Gasteiger partial charge in [0, 0.05) is 0 Å². The summed E-state index contributed by atoms with van der Waals surface area (Å²) in [6, 6.07) is 0. The van der Waals surface area contributed by atoms with Crippen molar-refractivity contribution in [3.63, 3.8) is 0 Å². The summed E-state index contributed by atoms with van der Waals surface area (Å²) >= 11 is 0. The van der Waals surface area contributed by atoms with E-state index in [1.54, 1.807) is 0 Å². The predicted octanol–water partition coefficient (Wildman–Crippen LogP) is 3.55. The van der Waals surface area contributed by atoms with E-state index in [9.17, 15) is 0 Å². The van der Waals surface area contributed by atoms with Crippen LogP contribution in [-0.2, 0) is 0 Å². The second-order valence-electron chi connectivity index (χ2n) is 3.02. The van der Waals surface area contributed by atoms with Gasteiger partial charge in [-0.2, -0.15) is 0 Å². The minimum Gasteiger partial charge on any atom is -0.0914 e. The molecule has 0 aromatic rings. The maximum atomic E-state index is 2.28. The molecule has 1 unspecified atom stereocenters. The van der Waals surface area contributed by atoms with Crippen molar-refractivity contribution in [2.75, 3.05) is 0 Å². The topological polar surface area (TPSA) is 0 Å². The van der Waals surface area contributed by atoms with E-state index in [2.05, 4.69) is 45.9 Å². The quantitative estimate of drug-likeness (QED) is 0.523. The van der Waals surface area contributed by atoms with Gasteiger partial charge in [-0.05, 0) is 33.1 Å². The molecular formula is C10H18. The zero-order chi connectivity index (χ0) is 7.98. The van der Waals surface area contributed by atoms with Crippen LogP contribution in [0.25, 0.3) is 0 Å². The minimum absolute atomic E-state index is 0.694. The van der Waals surface area contributed by atoms with Crippen LogP contribution in [-0.4, -0.2) is 0 Å². The number of hydrogen-bond acceptors (Lipinski definition) is 0. The summed E-state index contributed by atoms with van der Waals surface area (Å²) in [5.41, 5.74) is 1.41. The minimum atomic E-state index is 0.694. The molecule has 0 bridgehead atoms. The molecule has 0 nitrogen and oxygen atoms in total. The van der Waals surface area contributed by atoms with Crippen molar-refractivity contribution in [1.29, 1.82) is 0 Å². The summed E-state index contributed by atoms with van der Waals surface area (Å²) in [7, 11) is 0. The molecular weight excluding hydrogens is 120 g/mol. The average Bonchev–Trinajstić information content (AvgIpc) is 1.85. The monoisotopic (exact) mass is 138 g/mol. The van der Waals surface area contributed by atoms with E-state index in [0.29, 0.717) is 5.92 Å². The lowest BCUT2D eigenvalue weighted by Gasteiger charge is -2.00.